The molecule has 1 aromatic rings. The third kappa shape index (κ3) is 4.39. The second kappa shape index (κ2) is 6.84. The van der Waals surface area contributed by atoms with Crippen LogP contribution in [0.4, 0.5) is 0 Å². The third-order valence-corrected chi connectivity index (χ3v) is 2.70. The van der Waals surface area contributed by atoms with Crippen molar-refractivity contribution in [3.8, 4) is 0 Å². The molecule has 0 amide bonds. The average molecular weight is 233 g/mol. The van der Waals surface area contributed by atoms with E-state index in [1.54, 1.807) is 12.1 Å². The zero-order chi connectivity index (χ0) is 12.7. The number of unbranched alkanes of at least 4 members (excludes halogenated alkanes) is 3. The SMILES string of the molecule is CCCCCCC(=O)c1ccc(C(=O)[O-])cc1. The molecule has 0 aliphatic heterocycles. The lowest BCUT2D eigenvalue weighted by molar-refractivity contribution is -0.255. The molecule has 0 unspecified atom stereocenters. The smallest absolute Gasteiger partial charge is 0.162 e. The van der Waals surface area contributed by atoms with E-state index in [-0.39, 0.29) is 11.3 Å². The van der Waals surface area contributed by atoms with Gasteiger partial charge in [0.1, 0.15) is 0 Å². The van der Waals surface area contributed by atoms with Gasteiger partial charge in [-0.05, 0) is 12.0 Å². The van der Waals surface area contributed by atoms with Gasteiger partial charge >= 0.3 is 0 Å². The van der Waals surface area contributed by atoms with Crippen LogP contribution < -0.4 is 5.11 Å². The first-order valence-corrected chi connectivity index (χ1v) is 5.99. The standard InChI is InChI=1S/C14H18O3/c1-2-3-4-5-6-13(15)11-7-9-12(10-8-11)14(16)17/h7-10H,2-6H2,1H3,(H,16,17)/p-1. The number of aromatic carboxylic acids is 1. The summed E-state index contributed by atoms with van der Waals surface area (Å²) in [5, 5.41) is 10.5. The van der Waals surface area contributed by atoms with Crippen molar-refractivity contribution in [1.29, 1.82) is 0 Å². The molecule has 1 rings (SSSR count). The van der Waals surface area contributed by atoms with Crippen molar-refractivity contribution >= 4 is 11.8 Å². The number of hydrogen-bond acceptors (Lipinski definition) is 3. The quantitative estimate of drug-likeness (QED) is 0.536. The lowest BCUT2D eigenvalue weighted by Gasteiger charge is -2.04. The van der Waals surface area contributed by atoms with Crippen LogP contribution >= 0.6 is 0 Å². The van der Waals surface area contributed by atoms with Gasteiger partial charge in [0.25, 0.3) is 0 Å². The van der Waals surface area contributed by atoms with Crippen LogP contribution in [0.2, 0.25) is 0 Å². The molecule has 0 fully saturated rings. The van der Waals surface area contributed by atoms with Crippen LogP contribution in [0.15, 0.2) is 24.3 Å². The average Bonchev–Trinajstić information content (AvgIpc) is 2.34. The minimum Gasteiger partial charge on any atom is -0.545 e. The monoisotopic (exact) mass is 233 g/mol. The van der Waals surface area contributed by atoms with Crippen molar-refractivity contribution in [2.24, 2.45) is 0 Å². The minimum absolute atomic E-state index is 0.0750. The molecule has 0 aliphatic rings. The number of carbonyl (C=O) groups is 2. The summed E-state index contributed by atoms with van der Waals surface area (Å²) in [4.78, 5) is 22.3. The molecule has 17 heavy (non-hydrogen) atoms. The Morgan fingerprint density at radius 3 is 2.12 bits per heavy atom. The second-order valence-electron chi connectivity index (χ2n) is 4.10. The van der Waals surface area contributed by atoms with Gasteiger partial charge in [0.15, 0.2) is 5.78 Å². The van der Waals surface area contributed by atoms with Crippen LogP contribution in [0.5, 0.6) is 0 Å². The van der Waals surface area contributed by atoms with E-state index in [1.165, 1.54) is 12.1 Å². The third-order valence-electron chi connectivity index (χ3n) is 2.70. The van der Waals surface area contributed by atoms with Crippen LogP contribution in [-0.4, -0.2) is 11.8 Å². The first-order chi connectivity index (χ1) is 8.15. The Bertz CT molecular complexity index is 379. The van der Waals surface area contributed by atoms with E-state index in [4.69, 9.17) is 0 Å². The van der Waals surface area contributed by atoms with Crippen LogP contribution in [0.1, 0.15) is 59.7 Å². The van der Waals surface area contributed by atoms with Crippen molar-refractivity contribution in [1.82, 2.24) is 0 Å². The molecule has 0 N–H and O–H groups in total. The fraction of sp³-hybridized carbons (Fsp3) is 0.429. The summed E-state index contributed by atoms with van der Waals surface area (Å²) in [6, 6.07) is 5.92. The lowest BCUT2D eigenvalue weighted by Crippen LogP contribution is -2.22. The van der Waals surface area contributed by atoms with Gasteiger partial charge in [0.2, 0.25) is 0 Å². The molecule has 0 aromatic heterocycles. The van der Waals surface area contributed by atoms with E-state index < -0.39 is 5.97 Å². The molecule has 0 atom stereocenters. The topological polar surface area (TPSA) is 57.2 Å². The van der Waals surface area contributed by atoms with E-state index in [1.807, 2.05) is 0 Å². The first kappa shape index (κ1) is 13.4. The Kier molecular flexibility index (Phi) is 5.40. The fourth-order valence-corrected chi connectivity index (χ4v) is 1.65. The Hall–Kier alpha value is -1.64. The Morgan fingerprint density at radius 1 is 1.00 bits per heavy atom. The molecule has 0 heterocycles. The Balaban J connectivity index is 2.49. The van der Waals surface area contributed by atoms with E-state index >= 15 is 0 Å². The maximum Gasteiger partial charge on any atom is 0.162 e. The zero-order valence-corrected chi connectivity index (χ0v) is 10.1. The van der Waals surface area contributed by atoms with Crippen molar-refractivity contribution in [2.75, 3.05) is 0 Å². The molecule has 0 radical (unpaired) electrons. The molecule has 0 spiro atoms. The molecule has 1 aromatic carbocycles. The molecular weight excluding hydrogens is 216 g/mol. The highest BCUT2D eigenvalue weighted by atomic mass is 16.4. The summed E-state index contributed by atoms with van der Waals surface area (Å²) in [6.07, 6.45) is 4.80. The number of carbonyl (C=O) groups excluding carboxylic acids is 2. The highest BCUT2D eigenvalue weighted by molar-refractivity contribution is 5.97. The van der Waals surface area contributed by atoms with Crippen molar-refractivity contribution in [2.45, 2.75) is 39.0 Å². The van der Waals surface area contributed by atoms with Crippen molar-refractivity contribution in [3.05, 3.63) is 35.4 Å². The number of benzene rings is 1. The van der Waals surface area contributed by atoms with Gasteiger partial charge in [-0.2, -0.15) is 0 Å². The summed E-state index contributed by atoms with van der Waals surface area (Å²) in [6.45, 7) is 2.13. The van der Waals surface area contributed by atoms with Gasteiger partial charge in [0.05, 0.1) is 5.97 Å². The number of ketones is 1. The van der Waals surface area contributed by atoms with E-state index in [0.717, 1.165) is 25.7 Å². The van der Waals surface area contributed by atoms with Gasteiger partial charge in [0, 0.05) is 12.0 Å². The molecule has 3 heteroatoms. The van der Waals surface area contributed by atoms with Gasteiger partial charge in [-0.3, -0.25) is 4.79 Å². The molecule has 3 nitrogen and oxygen atoms in total. The summed E-state index contributed by atoms with van der Waals surface area (Å²) in [5.74, 6) is -1.14. The Morgan fingerprint density at radius 2 is 1.59 bits per heavy atom. The first-order valence-electron chi connectivity index (χ1n) is 5.99. The molecular formula is C14H17O3-. The summed E-state index contributed by atoms with van der Waals surface area (Å²) in [7, 11) is 0. The Labute approximate surface area is 101 Å². The normalized spacial score (nSPS) is 10.2. The van der Waals surface area contributed by atoms with Crippen LogP contribution in [0.3, 0.4) is 0 Å². The maximum absolute atomic E-state index is 11.7. The molecule has 92 valence electrons. The van der Waals surface area contributed by atoms with Crippen LogP contribution in [0.25, 0.3) is 0 Å². The zero-order valence-electron chi connectivity index (χ0n) is 10.1. The molecule has 0 aliphatic carbocycles. The predicted octanol–water partition coefficient (Wildman–Crippen LogP) is 2.20. The van der Waals surface area contributed by atoms with Gasteiger partial charge in [-0.15, -0.1) is 0 Å². The van der Waals surface area contributed by atoms with Crippen LogP contribution in [-0.2, 0) is 0 Å². The minimum atomic E-state index is -1.22. The highest BCUT2D eigenvalue weighted by Gasteiger charge is 2.05. The van der Waals surface area contributed by atoms with Gasteiger partial charge in [-0.1, -0.05) is 50.5 Å². The summed E-state index contributed by atoms with van der Waals surface area (Å²) >= 11 is 0. The number of hydrogen-bond donors (Lipinski definition) is 0. The lowest BCUT2D eigenvalue weighted by atomic mass is 10.0. The summed E-state index contributed by atoms with van der Waals surface area (Å²) in [5.41, 5.74) is 0.680. The largest absolute Gasteiger partial charge is 0.545 e. The number of Topliss-reactive ketones (excluding diaryl/α,β-unsaturated/α-hetero) is 1. The van der Waals surface area contributed by atoms with E-state index in [2.05, 4.69) is 6.92 Å². The van der Waals surface area contributed by atoms with Crippen molar-refractivity contribution in [3.63, 3.8) is 0 Å². The van der Waals surface area contributed by atoms with Crippen LogP contribution in [0, 0.1) is 0 Å². The second-order valence-corrected chi connectivity index (χ2v) is 4.10. The van der Waals surface area contributed by atoms with E-state index in [9.17, 15) is 14.7 Å². The van der Waals surface area contributed by atoms with Gasteiger partial charge < -0.3 is 9.90 Å². The highest BCUT2D eigenvalue weighted by Crippen LogP contribution is 2.10. The molecule has 0 bridgehead atoms. The molecule has 0 saturated carbocycles. The maximum atomic E-state index is 11.7. The van der Waals surface area contributed by atoms with E-state index in [0.29, 0.717) is 12.0 Å². The number of carboxylic acids is 1. The summed E-state index contributed by atoms with van der Waals surface area (Å²) < 4.78 is 0. The van der Waals surface area contributed by atoms with Gasteiger partial charge in [-0.25, -0.2) is 0 Å². The number of carboxylic acid groups (broad SMARTS) is 1. The molecule has 0 saturated heterocycles. The van der Waals surface area contributed by atoms with Crippen molar-refractivity contribution < 1.29 is 14.7 Å². The number of rotatable bonds is 7. The fourth-order valence-electron chi connectivity index (χ4n) is 1.65. The predicted molar refractivity (Wildman–Crippen MR) is 63.9 cm³/mol.